The first kappa shape index (κ1) is 11.9. The molecule has 0 unspecified atom stereocenters. The Hall–Kier alpha value is -0.0895. The fourth-order valence-electron chi connectivity index (χ4n) is 0.732. The van der Waals surface area contributed by atoms with E-state index >= 15 is 0 Å². The SMILES string of the molecule is O=C(O)C=Cc1ccccc1.[SrH2]. The summed E-state index contributed by atoms with van der Waals surface area (Å²) in [6, 6.07) is 9.31. The van der Waals surface area contributed by atoms with Crippen molar-refractivity contribution in [2.24, 2.45) is 0 Å². The Kier molecular flexibility index (Phi) is 6.38. The van der Waals surface area contributed by atoms with Crippen LogP contribution in [0.25, 0.3) is 6.08 Å². The number of carboxylic acids is 1. The third-order valence-corrected chi connectivity index (χ3v) is 1.22. The van der Waals surface area contributed by atoms with Crippen LogP contribution < -0.4 is 0 Å². The molecule has 0 saturated heterocycles. The first-order chi connectivity index (χ1) is 5.29. The van der Waals surface area contributed by atoms with Crippen molar-refractivity contribution >= 4 is 57.5 Å². The number of hydrogen-bond acceptors (Lipinski definition) is 1. The quantitative estimate of drug-likeness (QED) is 0.612. The molecule has 0 heterocycles. The molecule has 2 nitrogen and oxygen atoms in total. The number of benzene rings is 1. The van der Waals surface area contributed by atoms with Crippen molar-refractivity contribution in [3.05, 3.63) is 42.0 Å². The molecular weight excluding hydrogens is 228 g/mol. The van der Waals surface area contributed by atoms with Gasteiger partial charge in [0, 0.05) is 6.08 Å². The molecule has 60 valence electrons. The monoisotopic (exact) mass is 238 g/mol. The molecule has 1 aromatic carbocycles. The van der Waals surface area contributed by atoms with Crippen molar-refractivity contribution in [2.45, 2.75) is 0 Å². The van der Waals surface area contributed by atoms with E-state index < -0.39 is 5.97 Å². The van der Waals surface area contributed by atoms with Gasteiger partial charge in [0.15, 0.2) is 0 Å². The first-order valence-electron chi connectivity index (χ1n) is 3.25. The standard InChI is InChI=1S/C9H8O2.Sr.2H/c10-9(11)7-6-8-4-2-1-3-5-8;;;/h1-7H,(H,10,11);;;. The second kappa shape index (κ2) is 6.43. The van der Waals surface area contributed by atoms with Crippen LogP contribution in [0.3, 0.4) is 0 Å². The molecule has 0 amide bonds. The van der Waals surface area contributed by atoms with Gasteiger partial charge in [-0.05, 0) is 11.6 Å². The van der Waals surface area contributed by atoms with E-state index in [1.807, 2.05) is 30.3 Å². The Morgan fingerprint density at radius 3 is 2.33 bits per heavy atom. The summed E-state index contributed by atoms with van der Waals surface area (Å²) in [6.07, 6.45) is 2.68. The van der Waals surface area contributed by atoms with Crippen molar-refractivity contribution in [1.82, 2.24) is 0 Å². The van der Waals surface area contributed by atoms with E-state index in [1.54, 1.807) is 6.08 Å². The molecule has 3 heteroatoms. The molecule has 0 aliphatic heterocycles. The molecule has 0 aliphatic rings. The van der Waals surface area contributed by atoms with E-state index in [9.17, 15) is 4.79 Å². The Bertz CT molecular complexity index is 267. The average Bonchev–Trinajstić information content (AvgIpc) is 2.03. The molecule has 1 rings (SSSR count). The summed E-state index contributed by atoms with van der Waals surface area (Å²) in [5.41, 5.74) is 0.898. The Morgan fingerprint density at radius 2 is 1.83 bits per heavy atom. The van der Waals surface area contributed by atoms with E-state index in [0.29, 0.717) is 0 Å². The summed E-state index contributed by atoms with van der Waals surface area (Å²) in [5.74, 6) is -0.922. The van der Waals surface area contributed by atoms with E-state index in [1.165, 1.54) is 0 Å². The molecule has 0 radical (unpaired) electrons. The Balaban J connectivity index is 0.00000121. The van der Waals surface area contributed by atoms with Gasteiger partial charge in [-0.2, -0.15) is 0 Å². The van der Waals surface area contributed by atoms with Crippen LogP contribution in [0.4, 0.5) is 0 Å². The molecule has 12 heavy (non-hydrogen) atoms. The molecule has 0 aromatic heterocycles. The minimum absolute atomic E-state index is 0. The molecule has 0 atom stereocenters. The number of carbonyl (C=O) groups is 1. The van der Waals surface area contributed by atoms with E-state index in [4.69, 9.17) is 5.11 Å². The van der Waals surface area contributed by atoms with Gasteiger partial charge in [-0.3, -0.25) is 0 Å². The summed E-state index contributed by atoms with van der Waals surface area (Å²) in [6.45, 7) is 0. The van der Waals surface area contributed by atoms with Crippen LogP contribution >= 0.6 is 0 Å². The number of aliphatic carboxylic acids is 1. The van der Waals surface area contributed by atoms with Crippen LogP contribution in [-0.4, -0.2) is 56.6 Å². The van der Waals surface area contributed by atoms with Crippen molar-refractivity contribution in [3.8, 4) is 0 Å². The zero-order valence-electron chi connectivity index (χ0n) is 5.90. The number of carboxylic acid groups (broad SMARTS) is 1. The first-order valence-corrected chi connectivity index (χ1v) is 3.25. The molecule has 1 N–H and O–H groups in total. The fraction of sp³-hybridized carbons (Fsp3) is 0. The second-order valence-electron chi connectivity index (χ2n) is 2.08. The Morgan fingerprint density at radius 1 is 1.25 bits per heavy atom. The van der Waals surface area contributed by atoms with Crippen LogP contribution in [0.1, 0.15) is 5.56 Å². The molecule has 0 bridgehead atoms. The van der Waals surface area contributed by atoms with Crippen molar-refractivity contribution < 1.29 is 9.90 Å². The van der Waals surface area contributed by atoms with Gasteiger partial charge in [0.2, 0.25) is 0 Å². The third-order valence-electron chi connectivity index (χ3n) is 1.22. The maximum absolute atomic E-state index is 10.1. The molecule has 0 fully saturated rings. The summed E-state index contributed by atoms with van der Waals surface area (Å²) < 4.78 is 0. The summed E-state index contributed by atoms with van der Waals surface area (Å²) in [5, 5.41) is 8.29. The second-order valence-corrected chi connectivity index (χ2v) is 2.08. The average molecular weight is 238 g/mol. The third kappa shape index (κ3) is 4.72. The van der Waals surface area contributed by atoms with Gasteiger partial charge in [-0.15, -0.1) is 0 Å². The summed E-state index contributed by atoms with van der Waals surface area (Å²) >= 11 is 0. The van der Waals surface area contributed by atoms with Crippen molar-refractivity contribution in [2.75, 3.05) is 0 Å². The van der Waals surface area contributed by atoms with Crippen LogP contribution in [0.15, 0.2) is 36.4 Å². The van der Waals surface area contributed by atoms with Crippen molar-refractivity contribution in [1.29, 1.82) is 0 Å². The van der Waals surface area contributed by atoms with Gasteiger partial charge >= 0.3 is 51.5 Å². The topological polar surface area (TPSA) is 37.3 Å². The predicted molar refractivity (Wildman–Crippen MR) is 51.7 cm³/mol. The van der Waals surface area contributed by atoms with Gasteiger partial charge in [0.25, 0.3) is 0 Å². The Labute approximate surface area is 108 Å². The maximum atomic E-state index is 10.1. The number of hydrogen-bond donors (Lipinski definition) is 1. The zero-order valence-corrected chi connectivity index (χ0v) is 5.90. The van der Waals surface area contributed by atoms with E-state index in [0.717, 1.165) is 11.6 Å². The molecular formula is C9H10O2Sr. The van der Waals surface area contributed by atoms with Crippen LogP contribution in [0.2, 0.25) is 0 Å². The van der Waals surface area contributed by atoms with Gasteiger partial charge in [0.05, 0.1) is 0 Å². The van der Waals surface area contributed by atoms with Gasteiger partial charge < -0.3 is 5.11 Å². The zero-order chi connectivity index (χ0) is 8.10. The van der Waals surface area contributed by atoms with Gasteiger partial charge in [-0.1, -0.05) is 30.3 Å². The van der Waals surface area contributed by atoms with Gasteiger partial charge in [-0.25, -0.2) is 4.79 Å². The van der Waals surface area contributed by atoms with Crippen molar-refractivity contribution in [3.63, 3.8) is 0 Å². The molecule has 0 saturated carbocycles. The molecule has 0 spiro atoms. The number of rotatable bonds is 2. The predicted octanol–water partition coefficient (Wildman–Crippen LogP) is 0.868. The normalized spacial score (nSPS) is 9.33. The fourth-order valence-corrected chi connectivity index (χ4v) is 0.732. The molecule has 1 aromatic rings. The van der Waals surface area contributed by atoms with E-state index in [2.05, 4.69) is 0 Å². The summed E-state index contributed by atoms with van der Waals surface area (Å²) in [7, 11) is 0. The van der Waals surface area contributed by atoms with Crippen LogP contribution in [0, 0.1) is 0 Å². The van der Waals surface area contributed by atoms with Gasteiger partial charge in [0.1, 0.15) is 0 Å². The van der Waals surface area contributed by atoms with E-state index in [-0.39, 0.29) is 45.5 Å². The minimum atomic E-state index is -0.922. The molecule has 0 aliphatic carbocycles. The van der Waals surface area contributed by atoms with Crippen LogP contribution in [0.5, 0.6) is 0 Å². The van der Waals surface area contributed by atoms with Crippen LogP contribution in [-0.2, 0) is 4.79 Å². The summed E-state index contributed by atoms with van der Waals surface area (Å²) in [4.78, 5) is 10.1.